The largest absolute Gasteiger partial charge is 0.331 e. The molecular weight excluding hydrogens is 373 g/mol. The molecular formula is C18H25FN3O4S+. The number of hydrogen-bond acceptors (Lipinski definition) is 4. The first kappa shape index (κ1) is 19.8. The van der Waals surface area contributed by atoms with E-state index in [0.717, 1.165) is 4.90 Å². The van der Waals surface area contributed by atoms with Crippen molar-refractivity contribution in [1.82, 2.24) is 4.90 Å². The summed E-state index contributed by atoms with van der Waals surface area (Å²) in [6.45, 7) is 2.77. The molecule has 3 rings (SSSR count). The van der Waals surface area contributed by atoms with Crippen LogP contribution < -0.4 is 10.2 Å². The molecule has 2 aliphatic rings. The van der Waals surface area contributed by atoms with Crippen LogP contribution in [-0.2, 0) is 19.4 Å². The molecule has 148 valence electrons. The molecule has 1 aromatic rings. The van der Waals surface area contributed by atoms with Gasteiger partial charge in [-0.3, -0.25) is 9.59 Å². The third-order valence-electron chi connectivity index (χ3n) is 5.15. The van der Waals surface area contributed by atoms with E-state index in [1.54, 1.807) is 4.90 Å². The van der Waals surface area contributed by atoms with Gasteiger partial charge in [-0.25, -0.2) is 12.8 Å². The van der Waals surface area contributed by atoms with Crippen LogP contribution in [0.5, 0.6) is 0 Å². The fraction of sp³-hybridized carbons (Fsp3) is 0.556. The number of quaternary nitrogens is 1. The first-order valence-corrected chi connectivity index (χ1v) is 11.0. The minimum Gasteiger partial charge on any atom is -0.331 e. The Labute approximate surface area is 158 Å². The predicted molar refractivity (Wildman–Crippen MR) is 98.6 cm³/mol. The molecule has 1 atom stereocenters. The number of anilines is 1. The molecule has 1 aromatic carbocycles. The number of halogens is 1. The van der Waals surface area contributed by atoms with Gasteiger partial charge in [-0.1, -0.05) is 0 Å². The highest BCUT2D eigenvalue weighted by Crippen LogP contribution is 2.22. The lowest BCUT2D eigenvalue weighted by Crippen LogP contribution is -3.15. The Morgan fingerprint density at radius 2 is 1.85 bits per heavy atom. The Bertz CT molecular complexity index is 789. The summed E-state index contributed by atoms with van der Waals surface area (Å²) >= 11 is 0. The number of benzene rings is 1. The van der Waals surface area contributed by atoms with Crippen LogP contribution >= 0.6 is 0 Å². The second-order valence-electron chi connectivity index (χ2n) is 7.34. The van der Waals surface area contributed by atoms with Crippen molar-refractivity contribution in [2.45, 2.75) is 12.8 Å². The smallest absolute Gasteiger partial charge is 0.279 e. The summed E-state index contributed by atoms with van der Waals surface area (Å²) in [4.78, 5) is 27.3. The third kappa shape index (κ3) is 5.74. The zero-order valence-electron chi connectivity index (χ0n) is 15.1. The predicted octanol–water partition coefficient (Wildman–Crippen LogP) is -0.684. The Kier molecular flexibility index (Phi) is 6.11. The van der Waals surface area contributed by atoms with Gasteiger partial charge in [0.2, 0.25) is 5.91 Å². The van der Waals surface area contributed by atoms with Gasteiger partial charge in [0.05, 0.1) is 37.7 Å². The number of nitrogens with one attached hydrogen (secondary N) is 2. The number of nitrogens with zero attached hydrogens (tertiary/aromatic N) is 1. The van der Waals surface area contributed by atoms with E-state index in [4.69, 9.17) is 0 Å². The first-order valence-electron chi connectivity index (χ1n) is 9.18. The van der Waals surface area contributed by atoms with Gasteiger partial charge >= 0.3 is 0 Å². The molecule has 7 nitrogen and oxygen atoms in total. The summed E-state index contributed by atoms with van der Waals surface area (Å²) in [5, 5.41) is 2.74. The van der Waals surface area contributed by atoms with Crippen molar-refractivity contribution in [3.63, 3.8) is 0 Å². The molecule has 0 bridgehead atoms. The van der Waals surface area contributed by atoms with Gasteiger partial charge in [0, 0.05) is 12.1 Å². The van der Waals surface area contributed by atoms with E-state index in [2.05, 4.69) is 5.32 Å². The summed E-state index contributed by atoms with van der Waals surface area (Å²) in [5.41, 5.74) is 0.557. The van der Waals surface area contributed by atoms with Crippen LogP contribution in [0.15, 0.2) is 24.3 Å². The molecule has 2 N–H and O–H groups in total. The summed E-state index contributed by atoms with van der Waals surface area (Å²) < 4.78 is 35.9. The minimum absolute atomic E-state index is 0.00640. The van der Waals surface area contributed by atoms with Gasteiger partial charge in [-0.05, 0) is 36.6 Å². The maximum absolute atomic E-state index is 12.9. The van der Waals surface area contributed by atoms with E-state index in [9.17, 15) is 22.4 Å². The van der Waals surface area contributed by atoms with Crippen LogP contribution in [0, 0.1) is 11.7 Å². The molecule has 2 fully saturated rings. The quantitative estimate of drug-likeness (QED) is 0.688. The lowest BCUT2D eigenvalue weighted by Gasteiger charge is -2.32. The van der Waals surface area contributed by atoms with E-state index in [1.807, 2.05) is 0 Å². The third-order valence-corrected chi connectivity index (χ3v) is 6.99. The Hall–Kier alpha value is -2.00. The molecule has 27 heavy (non-hydrogen) atoms. The fourth-order valence-electron chi connectivity index (χ4n) is 3.62. The van der Waals surface area contributed by atoms with Crippen LogP contribution in [-0.4, -0.2) is 69.4 Å². The van der Waals surface area contributed by atoms with Crippen molar-refractivity contribution in [3.8, 4) is 0 Å². The zero-order valence-corrected chi connectivity index (χ0v) is 15.9. The summed E-state index contributed by atoms with van der Waals surface area (Å²) in [6.07, 6.45) is 0.864. The summed E-state index contributed by atoms with van der Waals surface area (Å²) in [7, 11) is -2.96. The molecule has 2 heterocycles. The Morgan fingerprint density at radius 1 is 1.19 bits per heavy atom. The zero-order chi connectivity index (χ0) is 19.4. The lowest BCUT2D eigenvalue weighted by atomic mass is 10.0. The Morgan fingerprint density at radius 3 is 2.44 bits per heavy atom. The molecule has 0 aliphatic carbocycles. The van der Waals surface area contributed by atoms with E-state index < -0.39 is 9.84 Å². The fourth-order valence-corrected chi connectivity index (χ4v) is 5.49. The van der Waals surface area contributed by atoms with Crippen LogP contribution in [0.1, 0.15) is 12.8 Å². The van der Waals surface area contributed by atoms with Crippen molar-refractivity contribution in [3.05, 3.63) is 30.1 Å². The van der Waals surface area contributed by atoms with Crippen LogP contribution in [0.3, 0.4) is 0 Å². The molecule has 2 amide bonds. The van der Waals surface area contributed by atoms with Gasteiger partial charge in [0.15, 0.2) is 16.4 Å². The highest BCUT2D eigenvalue weighted by Gasteiger charge is 2.32. The molecule has 9 heteroatoms. The average Bonchev–Trinajstić information content (AvgIpc) is 2.96. The topological polar surface area (TPSA) is 88.0 Å². The maximum atomic E-state index is 12.9. The monoisotopic (exact) mass is 398 g/mol. The average molecular weight is 398 g/mol. The molecule has 0 spiro atoms. The van der Waals surface area contributed by atoms with Crippen molar-refractivity contribution < 1.29 is 27.3 Å². The minimum atomic E-state index is -2.96. The molecule has 2 saturated heterocycles. The van der Waals surface area contributed by atoms with Crippen LogP contribution in [0.2, 0.25) is 0 Å². The van der Waals surface area contributed by atoms with E-state index in [0.29, 0.717) is 51.3 Å². The second kappa shape index (κ2) is 8.35. The van der Waals surface area contributed by atoms with Crippen molar-refractivity contribution in [2.24, 2.45) is 5.92 Å². The lowest BCUT2D eigenvalue weighted by molar-refractivity contribution is -0.895. The first-order chi connectivity index (χ1) is 12.8. The highest BCUT2D eigenvalue weighted by molar-refractivity contribution is 7.91. The maximum Gasteiger partial charge on any atom is 0.279 e. The summed E-state index contributed by atoms with van der Waals surface area (Å²) in [5.74, 6) is -0.247. The Balaban J connectivity index is 1.40. The highest BCUT2D eigenvalue weighted by atomic mass is 32.2. The number of sulfone groups is 1. The number of amides is 2. The van der Waals surface area contributed by atoms with Crippen molar-refractivity contribution in [1.29, 1.82) is 0 Å². The van der Waals surface area contributed by atoms with Crippen molar-refractivity contribution in [2.75, 3.05) is 49.5 Å². The summed E-state index contributed by atoms with van der Waals surface area (Å²) in [6, 6.07) is 5.62. The van der Waals surface area contributed by atoms with Gasteiger partial charge in [0.25, 0.3) is 5.91 Å². The standard InChI is InChI=1S/C18H24FN3O4S/c19-15-1-3-16(4-2-15)20-17(23)12-21-6-8-22(9-7-21)18(24)11-14-5-10-27(25,26)13-14/h1-4,14H,5-13H2,(H,20,23)/p+1/t14-/m0/s1. The van der Waals surface area contributed by atoms with Gasteiger partial charge in [-0.2, -0.15) is 0 Å². The SMILES string of the molecule is O=C(C[NH+]1CCN(C(=O)C[C@@H]2CCS(=O)(=O)C2)CC1)Nc1ccc(F)cc1. The van der Waals surface area contributed by atoms with Gasteiger partial charge in [0.1, 0.15) is 5.82 Å². The van der Waals surface area contributed by atoms with Crippen LogP contribution in [0.25, 0.3) is 0 Å². The number of carbonyl (C=O) groups is 2. The van der Waals surface area contributed by atoms with E-state index in [-0.39, 0.29) is 35.1 Å². The molecule has 0 radical (unpaired) electrons. The normalized spacial score (nSPS) is 22.6. The van der Waals surface area contributed by atoms with Crippen molar-refractivity contribution >= 4 is 27.3 Å². The van der Waals surface area contributed by atoms with E-state index in [1.165, 1.54) is 24.3 Å². The molecule has 0 unspecified atom stereocenters. The number of rotatable bonds is 5. The second-order valence-corrected chi connectivity index (χ2v) is 9.56. The molecule has 0 aromatic heterocycles. The van der Waals surface area contributed by atoms with Gasteiger partial charge in [-0.15, -0.1) is 0 Å². The number of hydrogen-bond donors (Lipinski definition) is 2. The van der Waals surface area contributed by atoms with Gasteiger partial charge < -0.3 is 15.1 Å². The number of piperazine rings is 1. The number of carbonyl (C=O) groups excluding carboxylic acids is 2. The van der Waals surface area contributed by atoms with Crippen LogP contribution in [0.4, 0.5) is 10.1 Å². The molecule has 2 aliphatic heterocycles. The van der Waals surface area contributed by atoms with E-state index >= 15 is 0 Å². The molecule has 0 saturated carbocycles.